The van der Waals surface area contributed by atoms with Crippen molar-refractivity contribution in [1.82, 2.24) is 16.0 Å². The highest BCUT2D eigenvalue weighted by Crippen LogP contribution is 2.20. The maximum Gasteiger partial charge on any atom is 0.251 e. The van der Waals surface area contributed by atoms with Gasteiger partial charge in [0.1, 0.15) is 0 Å². The molecule has 216 valence electrons. The smallest absolute Gasteiger partial charge is 0.251 e. The first-order valence-electron chi connectivity index (χ1n) is 14.3. The Morgan fingerprint density at radius 3 is 2.39 bits per heavy atom. The van der Waals surface area contributed by atoms with Crippen molar-refractivity contribution in [3.63, 3.8) is 0 Å². The first kappa shape index (κ1) is 30.2. The van der Waals surface area contributed by atoms with Gasteiger partial charge in [0.15, 0.2) is 0 Å². The molecular weight excluding hydrogens is 514 g/mol. The molecule has 0 radical (unpaired) electrons. The third-order valence-corrected chi connectivity index (χ3v) is 7.24. The Labute approximate surface area is 243 Å². The fourth-order valence-electron chi connectivity index (χ4n) is 4.88. The van der Waals surface area contributed by atoms with Gasteiger partial charge in [-0.15, -0.1) is 0 Å². The van der Waals surface area contributed by atoms with E-state index in [0.29, 0.717) is 36.6 Å². The summed E-state index contributed by atoms with van der Waals surface area (Å²) in [5.41, 5.74) is 4.95. The first-order valence-corrected chi connectivity index (χ1v) is 14.3. The lowest BCUT2D eigenvalue weighted by molar-refractivity contribution is 0.0516. The quantitative estimate of drug-likeness (QED) is 0.314. The maximum atomic E-state index is 13.3. The number of nitrogens with one attached hydrogen (secondary N) is 3. The molecule has 0 saturated carbocycles. The van der Waals surface area contributed by atoms with Gasteiger partial charge in [-0.2, -0.15) is 0 Å². The summed E-state index contributed by atoms with van der Waals surface area (Å²) in [4.78, 5) is 26.6. The Morgan fingerprint density at radius 2 is 1.66 bits per heavy atom. The number of fused-ring (bicyclic) bond motifs is 2. The Bertz CT molecular complexity index is 1340. The second-order valence-electron chi connectivity index (χ2n) is 10.9. The minimum Gasteiger partial charge on any atom is -0.390 e. The number of carbonyl (C=O) groups is 2. The number of hydrogen-bond donors (Lipinski definition) is 4. The van der Waals surface area contributed by atoms with Crippen LogP contribution in [0.3, 0.4) is 0 Å². The number of rotatable bonds is 7. The van der Waals surface area contributed by atoms with E-state index in [4.69, 9.17) is 4.74 Å². The van der Waals surface area contributed by atoms with Crippen LogP contribution in [0.15, 0.2) is 84.9 Å². The number of amides is 2. The van der Waals surface area contributed by atoms with E-state index in [9.17, 15) is 14.7 Å². The van der Waals surface area contributed by atoms with E-state index in [1.807, 2.05) is 55.5 Å². The van der Waals surface area contributed by atoms with Crippen LogP contribution >= 0.6 is 0 Å². The molecule has 0 unspecified atom stereocenters. The Morgan fingerprint density at radius 1 is 0.927 bits per heavy atom. The van der Waals surface area contributed by atoms with Gasteiger partial charge in [-0.05, 0) is 59.7 Å². The average Bonchev–Trinajstić information content (AvgIpc) is 2.97. The molecule has 3 aromatic carbocycles. The lowest BCUT2D eigenvalue weighted by atomic mass is 10.0. The van der Waals surface area contributed by atoms with E-state index in [1.54, 1.807) is 18.2 Å². The molecule has 41 heavy (non-hydrogen) atoms. The van der Waals surface area contributed by atoms with Gasteiger partial charge in [-0.25, -0.2) is 0 Å². The van der Waals surface area contributed by atoms with Crippen molar-refractivity contribution >= 4 is 11.8 Å². The van der Waals surface area contributed by atoms with Crippen molar-refractivity contribution in [1.29, 1.82) is 0 Å². The second-order valence-corrected chi connectivity index (χ2v) is 10.9. The molecule has 0 aliphatic carbocycles. The summed E-state index contributed by atoms with van der Waals surface area (Å²) in [5, 5.41) is 20.4. The van der Waals surface area contributed by atoms with Crippen molar-refractivity contribution < 1.29 is 19.4 Å². The van der Waals surface area contributed by atoms with Crippen LogP contribution in [0.2, 0.25) is 0 Å². The minimum atomic E-state index is -0.887. The summed E-state index contributed by atoms with van der Waals surface area (Å²) >= 11 is 0. The van der Waals surface area contributed by atoms with Crippen LogP contribution in [0.4, 0.5) is 0 Å². The highest BCUT2D eigenvalue weighted by molar-refractivity contribution is 6.00. The zero-order valence-electron chi connectivity index (χ0n) is 24.1. The highest BCUT2D eigenvalue weighted by Gasteiger charge is 2.24. The molecule has 0 fully saturated rings. The molecule has 4 N–H and O–H groups in total. The normalized spacial score (nSPS) is 19.9. The monoisotopic (exact) mass is 555 g/mol. The van der Waals surface area contributed by atoms with Crippen LogP contribution < -0.4 is 16.0 Å². The topological polar surface area (TPSA) is 99.7 Å². The summed E-state index contributed by atoms with van der Waals surface area (Å²) in [6.45, 7) is 7.50. The molecule has 7 nitrogen and oxygen atoms in total. The van der Waals surface area contributed by atoms with Gasteiger partial charge in [-0.1, -0.05) is 80.6 Å². The van der Waals surface area contributed by atoms with Gasteiger partial charge >= 0.3 is 0 Å². The molecule has 1 heterocycles. The molecule has 3 aromatic rings. The van der Waals surface area contributed by atoms with E-state index in [0.717, 1.165) is 16.7 Å². The summed E-state index contributed by atoms with van der Waals surface area (Å²) in [6.07, 6.45) is 3.58. The largest absolute Gasteiger partial charge is 0.390 e. The first-order chi connectivity index (χ1) is 19.8. The van der Waals surface area contributed by atoms with E-state index < -0.39 is 12.1 Å². The number of aliphatic hydroxyl groups excluding tert-OH is 1. The van der Waals surface area contributed by atoms with Crippen LogP contribution in [0.5, 0.6) is 0 Å². The molecular formula is C34H41N3O4. The number of ether oxygens (including phenoxy) is 1. The number of benzene rings is 3. The molecule has 2 bridgehead atoms. The van der Waals surface area contributed by atoms with Crippen LogP contribution in [0.1, 0.15) is 75.2 Å². The van der Waals surface area contributed by atoms with Gasteiger partial charge < -0.3 is 25.8 Å². The Balaban J connectivity index is 1.49. The van der Waals surface area contributed by atoms with Gasteiger partial charge in [0.25, 0.3) is 11.8 Å². The zero-order valence-corrected chi connectivity index (χ0v) is 24.1. The van der Waals surface area contributed by atoms with Crippen LogP contribution in [-0.2, 0) is 11.3 Å². The molecule has 0 aromatic heterocycles. The highest BCUT2D eigenvalue weighted by atomic mass is 16.5. The molecule has 0 spiro atoms. The third kappa shape index (κ3) is 8.85. The predicted octanol–water partition coefficient (Wildman–Crippen LogP) is 4.82. The Kier molecular flexibility index (Phi) is 10.8. The standard InChI is InChI=1S/C34H41N3O4/c1-23(2)27-13-9-10-25(18-27)20-35-21-32(38)31-22-41-15-8-7-14-30(26-11-5-4-6-12-26)36-33(39)28-16-24(3)17-29(19-28)34(40)37-31/h4-13,16-19,23,30-32,35,38H,14-15,20-22H2,1-3H3,(H,36,39)(H,37,40)/b8-7+/t30-,31+,32-/m1/s1. The van der Waals surface area contributed by atoms with Gasteiger partial charge in [0.2, 0.25) is 0 Å². The fraction of sp³-hybridized carbons (Fsp3) is 0.353. The van der Waals surface area contributed by atoms with E-state index in [1.165, 1.54) is 5.56 Å². The van der Waals surface area contributed by atoms with E-state index in [-0.39, 0.29) is 31.0 Å². The predicted molar refractivity (Wildman–Crippen MR) is 162 cm³/mol. The lowest BCUT2D eigenvalue weighted by Crippen LogP contribution is -2.50. The van der Waals surface area contributed by atoms with Crippen molar-refractivity contribution in [2.75, 3.05) is 19.8 Å². The number of hydrogen-bond acceptors (Lipinski definition) is 5. The van der Waals surface area contributed by atoms with Crippen LogP contribution in [0, 0.1) is 6.92 Å². The summed E-state index contributed by atoms with van der Waals surface area (Å²) in [7, 11) is 0. The number of aryl methyl sites for hydroxylation is 1. The molecule has 2 amide bonds. The fourth-order valence-corrected chi connectivity index (χ4v) is 4.88. The third-order valence-electron chi connectivity index (χ3n) is 7.24. The average molecular weight is 556 g/mol. The van der Waals surface area contributed by atoms with Gasteiger partial charge in [0, 0.05) is 24.2 Å². The molecule has 1 aliphatic rings. The minimum absolute atomic E-state index is 0.139. The lowest BCUT2D eigenvalue weighted by Gasteiger charge is -2.25. The molecule has 4 rings (SSSR count). The Hall–Kier alpha value is -3.78. The van der Waals surface area contributed by atoms with Crippen molar-refractivity contribution in [3.05, 3.63) is 118 Å². The summed E-state index contributed by atoms with van der Waals surface area (Å²) < 4.78 is 5.86. The number of aliphatic hydroxyl groups is 1. The molecule has 7 heteroatoms. The maximum absolute atomic E-state index is 13.3. The summed E-state index contributed by atoms with van der Waals surface area (Å²) in [6, 6.07) is 22.4. The second kappa shape index (κ2) is 14.7. The molecule has 3 atom stereocenters. The van der Waals surface area contributed by atoms with Gasteiger partial charge in [0.05, 0.1) is 31.4 Å². The van der Waals surface area contributed by atoms with E-state index >= 15 is 0 Å². The van der Waals surface area contributed by atoms with E-state index in [2.05, 4.69) is 48.0 Å². The summed E-state index contributed by atoms with van der Waals surface area (Å²) in [5.74, 6) is -0.183. The zero-order chi connectivity index (χ0) is 29.2. The van der Waals surface area contributed by atoms with Crippen LogP contribution in [-0.4, -0.2) is 48.8 Å². The van der Waals surface area contributed by atoms with Gasteiger partial charge in [-0.3, -0.25) is 9.59 Å². The molecule has 1 aliphatic heterocycles. The number of carbonyl (C=O) groups excluding carboxylic acids is 2. The SMILES string of the molecule is Cc1cc2cc(c1)C(=O)N[C@@H](c1ccccc1)C/C=C/COC[C@@H]([C@H](O)CNCc1cccc(C(C)C)c1)NC2=O. The van der Waals surface area contributed by atoms with Crippen molar-refractivity contribution in [2.45, 2.75) is 57.8 Å². The van der Waals surface area contributed by atoms with Crippen molar-refractivity contribution in [3.8, 4) is 0 Å². The molecule has 0 saturated heterocycles. The van der Waals surface area contributed by atoms with Crippen molar-refractivity contribution in [2.24, 2.45) is 0 Å². The van der Waals surface area contributed by atoms with Crippen LogP contribution in [0.25, 0.3) is 0 Å².